The Labute approximate surface area is 144 Å². The van der Waals surface area contributed by atoms with Gasteiger partial charge in [-0.3, -0.25) is 14.9 Å². The zero-order valence-corrected chi connectivity index (χ0v) is 14.0. The number of nitrogens with zero attached hydrogens (tertiary/aromatic N) is 2. The Morgan fingerprint density at radius 3 is 2.84 bits per heavy atom. The molecule has 2 aliphatic heterocycles. The van der Waals surface area contributed by atoms with Crippen LogP contribution in [0.2, 0.25) is 0 Å². The summed E-state index contributed by atoms with van der Waals surface area (Å²) in [6, 6.07) is 3.51. The summed E-state index contributed by atoms with van der Waals surface area (Å²) in [5.41, 5.74) is 0.324. The zero-order valence-electron chi connectivity index (χ0n) is 14.0. The van der Waals surface area contributed by atoms with Crippen molar-refractivity contribution in [2.24, 2.45) is 0 Å². The van der Waals surface area contributed by atoms with Gasteiger partial charge in [-0.2, -0.15) is 0 Å². The first-order valence-corrected chi connectivity index (χ1v) is 8.23. The number of carbonyl (C=O) groups is 1. The second kappa shape index (κ2) is 6.72. The van der Waals surface area contributed by atoms with Crippen molar-refractivity contribution in [2.75, 3.05) is 13.2 Å². The first-order chi connectivity index (χ1) is 12.0. The number of rotatable bonds is 5. The summed E-state index contributed by atoms with van der Waals surface area (Å²) >= 11 is 0. The Balaban J connectivity index is 2.01. The van der Waals surface area contributed by atoms with E-state index in [9.17, 15) is 20.0 Å². The predicted octanol–water partition coefficient (Wildman–Crippen LogP) is 1.93. The SMILES string of the molecule is CCOC1=CC(=O)N(C2c3cc([N+](=O)[O-])ccc3O[C@@H](CC)[C@@H]2O)C1. The molecule has 0 radical (unpaired) electrons. The van der Waals surface area contributed by atoms with E-state index in [1.807, 2.05) is 13.8 Å². The van der Waals surface area contributed by atoms with Crippen LogP contribution < -0.4 is 4.74 Å². The number of fused-ring (bicyclic) bond motifs is 1. The molecule has 2 heterocycles. The van der Waals surface area contributed by atoms with Gasteiger partial charge in [0.15, 0.2) is 0 Å². The summed E-state index contributed by atoms with van der Waals surface area (Å²) in [6.45, 7) is 4.34. The van der Waals surface area contributed by atoms with Gasteiger partial charge in [0.05, 0.1) is 24.1 Å². The fraction of sp³-hybridized carbons (Fsp3) is 0.471. The highest BCUT2D eigenvalue weighted by Crippen LogP contribution is 2.42. The van der Waals surface area contributed by atoms with Gasteiger partial charge in [-0.05, 0) is 19.4 Å². The van der Waals surface area contributed by atoms with Crippen LogP contribution in [0.4, 0.5) is 5.69 Å². The van der Waals surface area contributed by atoms with Crippen LogP contribution in [0.5, 0.6) is 5.75 Å². The maximum Gasteiger partial charge on any atom is 0.270 e. The standard InChI is InChI=1S/C17H20N2O6/c1-3-13-17(21)16(18-9-11(24-4-2)8-15(18)20)12-7-10(19(22)23)5-6-14(12)25-13/h5-8,13,16-17,21H,3-4,9H2,1-2H3/t13-,16?,17-/m0/s1. The van der Waals surface area contributed by atoms with Crippen LogP contribution >= 0.6 is 0 Å². The van der Waals surface area contributed by atoms with E-state index in [2.05, 4.69) is 0 Å². The van der Waals surface area contributed by atoms with Gasteiger partial charge in [0.1, 0.15) is 23.7 Å². The quantitative estimate of drug-likeness (QED) is 0.644. The van der Waals surface area contributed by atoms with Crippen LogP contribution in [-0.2, 0) is 9.53 Å². The molecule has 8 nitrogen and oxygen atoms in total. The van der Waals surface area contributed by atoms with Gasteiger partial charge >= 0.3 is 0 Å². The second-order valence-corrected chi connectivity index (χ2v) is 5.99. The highest BCUT2D eigenvalue weighted by atomic mass is 16.6. The summed E-state index contributed by atoms with van der Waals surface area (Å²) in [5, 5.41) is 21.9. The molecule has 0 aliphatic carbocycles. The lowest BCUT2D eigenvalue weighted by molar-refractivity contribution is -0.385. The Bertz CT molecular complexity index is 732. The van der Waals surface area contributed by atoms with Gasteiger partial charge in [0.2, 0.25) is 0 Å². The van der Waals surface area contributed by atoms with Gasteiger partial charge in [0.25, 0.3) is 11.6 Å². The molecule has 1 amide bonds. The maximum atomic E-state index is 12.4. The van der Waals surface area contributed by atoms with Gasteiger partial charge in [0, 0.05) is 23.8 Å². The minimum absolute atomic E-state index is 0.112. The maximum absolute atomic E-state index is 12.4. The largest absolute Gasteiger partial charge is 0.496 e. The summed E-state index contributed by atoms with van der Waals surface area (Å²) in [6.07, 6.45) is 0.451. The van der Waals surface area contributed by atoms with Crippen molar-refractivity contribution >= 4 is 11.6 Å². The van der Waals surface area contributed by atoms with Crippen molar-refractivity contribution in [3.63, 3.8) is 0 Å². The van der Waals surface area contributed by atoms with Gasteiger partial charge in [-0.1, -0.05) is 6.92 Å². The molecule has 3 atom stereocenters. The molecule has 0 spiro atoms. The van der Waals surface area contributed by atoms with Crippen molar-refractivity contribution in [3.05, 3.63) is 45.7 Å². The minimum atomic E-state index is -0.988. The van der Waals surface area contributed by atoms with E-state index >= 15 is 0 Å². The number of ether oxygens (including phenoxy) is 2. The molecule has 0 saturated heterocycles. The number of aliphatic hydroxyl groups excluding tert-OH is 1. The molecule has 1 aromatic rings. The lowest BCUT2D eigenvalue weighted by atomic mass is 9.91. The molecule has 0 fully saturated rings. The van der Waals surface area contributed by atoms with Gasteiger partial charge < -0.3 is 19.5 Å². The predicted molar refractivity (Wildman–Crippen MR) is 88.0 cm³/mol. The fourth-order valence-corrected chi connectivity index (χ4v) is 3.31. The molecular formula is C17H20N2O6. The smallest absolute Gasteiger partial charge is 0.270 e. The highest BCUT2D eigenvalue weighted by Gasteiger charge is 2.43. The zero-order chi connectivity index (χ0) is 18.1. The van der Waals surface area contributed by atoms with Crippen LogP contribution in [0.15, 0.2) is 30.0 Å². The van der Waals surface area contributed by atoms with Crippen LogP contribution in [0, 0.1) is 10.1 Å². The van der Waals surface area contributed by atoms with E-state index in [1.54, 1.807) is 0 Å². The van der Waals surface area contributed by atoms with E-state index in [4.69, 9.17) is 9.47 Å². The average Bonchev–Trinajstić information content (AvgIpc) is 2.94. The lowest BCUT2D eigenvalue weighted by Gasteiger charge is -2.40. The molecule has 134 valence electrons. The number of hydrogen-bond acceptors (Lipinski definition) is 6. The summed E-state index contributed by atoms with van der Waals surface area (Å²) in [5.74, 6) is 0.679. The van der Waals surface area contributed by atoms with Gasteiger partial charge in [-0.25, -0.2) is 0 Å². The molecule has 25 heavy (non-hydrogen) atoms. The molecule has 1 aromatic carbocycles. The monoisotopic (exact) mass is 348 g/mol. The second-order valence-electron chi connectivity index (χ2n) is 5.99. The first-order valence-electron chi connectivity index (χ1n) is 8.23. The minimum Gasteiger partial charge on any atom is -0.496 e. The van der Waals surface area contributed by atoms with Gasteiger partial charge in [-0.15, -0.1) is 0 Å². The first kappa shape index (κ1) is 17.2. The molecule has 2 aliphatic rings. The number of benzene rings is 1. The van der Waals surface area contributed by atoms with Crippen LogP contribution in [-0.4, -0.2) is 46.2 Å². The molecule has 0 aromatic heterocycles. The lowest BCUT2D eigenvalue weighted by Crippen LogP contribution is -2.48. The molecule has 0 saturated carbocycles. The van der Waals surface area contributed by atoms with E-state index in [1.165, 1.54) is 29.2 Å². The fourth-order valence-electron chi connectivity index (χ4n) is 3.31. The molecule has 0 bridgehead atoms. The Morgan fingerprint density at radius 1 is 1.44 bits per heavy atom. The number of non-ortho nitro benzene ring substituents is 1. The van der Waals surface area contributed by atoms with E-state index in [0.29, 0.717) is 30.1 Å². The molecule has 8 heteroatoms. The molecule has 1 N–H and O–H groups in total. The summed E-state index contributed by atoms with van der Waals surface area (Å²) in [7, 11) is 0. The number of aliphatic hydroxyl groups is 1. The van der Waals surface area contributed by atoms with E-state index in [0.717, 1.165) is 0 Å². The summed E-state index contributed by atoms with van der Waals surface area (Å²) in [4.78, 5) is 24.5. The normalized spacial score (nSPS) is 25.2. The highest BCUT2D eigenvalue weighted by molar-refractivity contribution is 5.91. The number of nitro benzene ring substituents is 1. The van der Waals surface area contributed by atoms with Crippen LogP contribution in [0.3, 0.4) is 0 Å². The Morgan fingerprint density at radius 2 is 2.20 bits per heavy atom. The number of nitro groups is 1. The third kappa shape index (κ3) is 3.05. The van der Waals surface area contributed by atoms with Crippen molar-refractivity contribution in [1.82, 2.24) is 4.90 Å². The third-order valence-corrected chi connectivity index (χ3v) is 4.47. The van der Waals surface area contributed by atoms with E-state index < -0.39 is 23.2 Å². The molecule has 1 unspecified atom stereocenters. The van der Waals surface area contributed by atoms with Crippen molar-refractivity contribution in [2.45, 2.75) is 38.5 Å². The molecular weight excluding hydrogens is 328 g/mol. The Kier molecular flexibility index (Phi) is 4.63. The molecule has 3 rings (SSSR count). The number of amides is 1. The Hall–Kier alpha value is -2.61. The van der Waals surface area contributed by atoms with Crippen LogP contribution in [0.1, 0.15) is 31.9 Å². The van der Waals surface area contributed by atoms with Crippen LogP contribution in [0.25, 0.3) is 0 Å². The summed E-state index contributed by atoms with van der Waals surface area (Å²) < 4.78 is 11.2. The average molecular weight is 348 g/mol. The number of carbonyl (C=O) groups excluding carboxylic acids is 1. The van der Waals surface area contributed by atoms with E-state index in [-0.39, 0.29) is 18.1 Å². The number of hydrogen-bond donors (Lipinski definition) is 1. The van der Waals surface area contributed by atoms with Crippen molar-refractivity contribution in [3.8, 4) is 5.75 Å². The van der Waals surface area contributed by atoms with Crippen molar-refractivity contribution < 1.29 is 24.3 Å². The topological polar surface area (TPSA) is 102 Å². The third-order valence-electron chi connectivity index (χ3n) is 4.47. The van der Waals surface area contributed by atoms with Crippen molar-refractivity contribution in [1.29, 1.82) is 0 Å².